The number of carbonyl (C=O) groups excluding carboxylic acids is 3. The van der Waals surface area contributed by atoms with E-state index in [4.69, 9.17) is 4.74 Å². The Balaban J connectivity index is 3.16. The lowest BCUT2D eigenvalue weighted by atomic mass is 10.1. The zero-order valence-electron chi connectivity index (χ0n) is 15.8. The second-order valence-electron chi connectivity index (χ2n) is 6.15. The third kappa shape index (κ3) is 18.7. The van der Waals surface area contributed by atoms with Crippen LogP contribution in [0.1, 0.15) is 77.0 Å². The number of ether oxygens (including phenoxy) is 4. The van der Waals surface area contributed by atoms with Gasteiger partial charge in [0.15, 0.2) is 0 Å². The van der Waals surface area contributed by atoms with Crippen molar-refractivity contribution in [2.75, 3.05) is 19.8 Å². The fourth-order valence-electron chi connectivity index (χ4n) is 2.58. The van der Waals surface area contributed by atoms with Gasteiger partial charge in [0.05, 0.1) is 6.61 Å². The first kappa shape index (κ1) is 24.4. The van der Waals surface area contributed by atoms with Gasteiger partial charge >= 0.3 is 0 Å². The topological polar surface area (TPSA) is 88.1 Å². The summed E-state index contributed by atoms with van der Waals surface area (Å²) in [5.74, 6) is 0. The van der Waals surface area contributed by atoms with E-state index >= 15 is 0 Å². The molecule has 0 aromatic carbocycles. The van der Waals surface area contributed by atoms with E-state index in [2.05, 4.69) is 14.2 Å². The van der Waals surface area contributed by atoms with Crippen LogP contribution in [0, 0.1) is 0 Å². The molecule has 0 radical (unpaired) electrons. The normalized spacial score (nSPS) is 10.5. The van der Waals surface area contributed by atoms with Crippen molar-refractivity contribution < 1.29 is 33.3 Å². The molecule has 0 spiro atoms. The van der Waals surface area contributed by atoms with E-state index in [0.717, 1.165) is 64.6 Å². The lowest BCUT2D eigenvalue weighted by molar-refractivity contribution is -0.170. The molecule has 0 saturated carbocycles. The van der Waals surface area contributed by atoms with Gasteiger partial charge < -0.3 is 18.9 Å². The van der Waals surface area contributed by atoms with E-state index in [-0.39, 0.29) is 0 Å². The summed E-state index contributed by atoms with van der Waals surface area (Å²) < 4.78 is 19.5. The minimum atomic E-state index is -0.752. The lowest BCUT2D eigenvalue weighted by Gasteiger charge is -2.12. The molecule has 0 N–H and O–H groups in total. The maximum Gasteiger partial charge on any atom is 0.296 e. The fourth-order valence-corrected chi connectivity index (χ4v) is 2.58. The van der Waals surface area contributed by atoms with Gasteiger partial charge in [0, 0.05) is 19.6 Å². The van der Waals surface area contributed by atoms with Crippen molar-refractivity contribution in [2.45, 2.75) is 83.3 Å². The Morgan fingerprint density at radius 3 is 1.50 bits per heavy atom. The zero-order chi connectivity index (χ0) is 19.1. The number of unbranched alkanes of at least 4 members (excludes halogenated alkanes) is 9. The Kier molecular flexibility index (Phi) is 20.1. The standard InChI is InChI=1S/C19H34O7/c20-16-24-15-11-6-2-1-5-9-13-23-14-10-7-3-4-8-12-19(25-17-21)26-18-22/h16-19H,1-15H2. The fraction of sp³-hybridized carbons (Fsp3) is 0.842. The van der Waals surface area contributed by atoms with Crippen LogP contribution in [0.3, 0.4) is 0 Å². The first-order chi connectivity index (χ1) is 12.8. The second-order valence-corrected chi connectivity index (χ2v) is 6.15. The van der Waals surface area contributed by atoms with Gasteiger partial charge in [-0.3, -0.25) is 14.4 Å². The highest BCUT2D eigenvalue weighted by Gasteiger charge is 2.08. The van der Waals surface area contributed by atoms with Crippen LogP contribution in [0.2, 0.25) is 0 Å². The van der Waals surface area contributed by atoms with Crippen molar-refractivity contribution in [3.05, 3.63) is 0 Å². The Hall–Kier alpha value is -1.63. The van der Waals surface area contributed by atoms with Crippen LogP contribution >= 0.6 is 0 Å². The predicted octanol–water partition coefficient (Wildman–Crippen LogP) is 3.53. The largest absolute Gasteiger partial charge is 0.468 e. The molecule has 0 heterocycles. The molecule has 0 saturated heterocycles. The number of rotatable bonds is 22. The molecule has 0 aromatic rings. The summed E-state index contributed by atoms with van der Waals surface area (Å²) in [6.45, 7) is 3.26. The van der Waals surface area contributed by atoms with E-state index in [1.54, 1.807) is 0 Å². The van der Waals surface area contributed by atoms with Gasteiger partial charge in [-0.05, 0) is 25.7 Å². The minimum Gasteiger partial charge on any atom is -0.468 e. The van der Waals surface area contributed by atoms with Crippen LogP contribution in [0.25, 0.3) is 0 Å². The lowest BCUT2D eigenvalue weighted by Crippen LogP contribution is -2.15. The van der Waals surface area contributed by atoms with Gasteiger partial charge in [0.2, 0.25) is 6.29 Å². The minimum absolute atomic E-state index is 0.302. The number of carbonyl (C=O) groups is 3. The van der Waals surface area contributed by atoms with E-state index < -0.39 is 6.29 Å². The summed E-state index contributed by atoms with van der Waals surface area (Å²) in [6.07, 6.45) is 11.6. The monoisotopic (exact) mass is 374 g/mol. The number of hydrogen-bond donors (Lipinski definition) is 0. The Morgan fingerprint density at radius 1 is 0.538 bits per heavy atom. The third-order valence-corrected chi connectivity index (χ3v) is 4.01. The molecule has 7 heteroatoms. The highest BCUT2D eigenvalue weighted by molar-refractivity contribution is 5.40. The van der Waals surface area contributed by atoms with Gasteiger partial charge in [0.25, 0.3) is 19.4 Å². The maximum absolute atomic E-state index is 10.2. The van der Waals surface area contributed by atoms with Gasteiger partial charge in [-0.1, -0.05) is 44.9 Å². The molecule has 0 aliphatic rings. The van der Waals surface area contributed by atoms with E-state index in [1.165, 1.54) is 19.3 Å². The molecule has 7 nitrogen and oxygen atoms in total. The molecule has 0 aliphatic carbocycles. The van der Waals surface area contributed by atoms with Gasteiger partial charge in [-0.25, -0.2) is 0 Å². The van der Waals surface area contributed by atoms with E-state index in [0.29, 0.717) is 32.4 Å². The molecule has 0 atom stereocenters. The molecule has 0 amide bonds. The van der Waals surface area contributed by atoms with Gasteiger partial charge in [-0.15, -0.1) is 0 Å². The SMILES string of the molecule is O=COCCCCCCCCOCCCCCCCC(OC=O)OC=O. The second kappa shape index (κ2) is 21.4. The summed E-state index contributed by atoms with van der Waals surface area (Å²) in [4.78, 5) is 30.4. The van der Waals surface area contributed by atoms with Crippen molar-refractivity contribution in [1.82, 2.24) is 0 Å². The summed E-state index contributed by atoms with van der Waals surface area (Å²) in [5, 5.41) is 0. The highest BCUT2D eigenvalue weighted by Crippen LogP contribution is 2.10. The van der Waals surface area contributed by atoms with Crippen LogP contribution in [-0.2, 0) is 33.3 Å². The summed E-state index contributed by atoms with van der Waals surface area (Å²) in [5.41, 5.74) is 0. The molecule has 0 unspecified atom stereocenters. The van der Waals surface area contributed by atoms with Crippen LogP contribution in [0.4, 0.5) is 0 Å². The summed E-state index contributed by atoms with van der Waals surface area (Å²) >= 11 is 0. The Morgan fingerprint density at radius 2 is 1.00 bits per heavy atom. The number of hydrogen-bond acceptors (Lipinski definition) is 7. The zero-order valence-corrected chi connectivity index (χ0v) is 15.8. The average molecular weight is 374 g/mol. The Bertz CT molecular complexity index is 313. The van der Waals surface area contributed by atoms with Gasteiger partial charge in [-0.2, -0.15) is 0 Å². The predicted molar refractivity (Wildman–Crippen MR) is 96.3 cm³/mol. The Labute approximate surface area is 156 Å². The van der Waals surface area contributed by atoms with Crippen LogP contribution in [0.15, 0.2) is 0 Å². The van der Waals surface area contributed by atoms with Crippen molar-refractivity contribution in [2.24, 2.45) is 0 Å². The summed E-state index contributed by atoms with van der Waals surface area (Å²) in [7, 11) is 0. The quantitative estimate of drug-likeness (QED) is 0.163. The van der Waals surface area contributed by atoms with Crippen molar-refractivity contribution in [1.29, 1.82) is 0 Å². The highest BCUT2D eigenvalue weighted by atomic mass is 16.7. The third-order valence-electron chi connectivity index (χ3n) is 4.01. The molecule has 0 rings (SSSR count). The van der Waals surface area contributed by atoms with Gasteiger partial charge in [0.1, 0.15) is 0 Å². The van der Waals surface area contributed by atoms with E-state index in [9.17, 15) is 14.4 Å². The first-order valence-electron chi connectivity index (χ1n) is 9.66. The smallest absolute Gasteiger partial charge is 0.296 e. The first-order valence-corrected chi connectivity index (χ1v) is 9.66. The molecule has 0 aliphatic heterocycles. The molecule has 152 valence electrons. The maximum atomic E-state index is 10.2. The molecular formula is C19H34O7. The molecule has 0 bridgehead atoms. The van der Waals surface area contributed by atoms with Crippen molar-refractivity contribution >= 4 is 19.4 Å². The van der Waals surface area contributed by atoms with Crippen LogP contribution in [-0.4, -0.2) is 45.5 Å². The van der Waals surface area contributed by atoms with Crippen molar-refractivity contribution in [3.8, 4) is 0 Å². The van der Waals surface area contributed by atoms with Crippen molar-refractivity contribution in [3.63, 3.8) is 0 Å². The molecule has 26 heavy (non-hydrogen) atoms. The molecule has 0 aromatic heterocycles. The van der Waals surface area contributed by atoms with Crippen LogP contribution in [0.5, 0.6) is 0 Å². The van der Waals surface area contributed by atoms with Crippen LogP contribution < -0.4 is 0 Å². The summed E-state index contributed by atoms with van der Waals surface area (Å²) in [6, 6.07) is 0. The van der Waals surface area contributed by atoms with E-state index in [1.807, 2.05) is 0 Å². The molecule has 0 fully saturated rings. The average Bonchev–Trinajstić information content (AvgIpc) is 2.64. The molecular weight excluding hydrogens is 340 g/mol.